The number of benzene rings is 2. The van der Waals surface area contributed by atoms with Crippen molar-refractivity contribution in [1.29, 1.82) is 10.7 Å². The lowest BCUT2D eigenvalue weighted by molar-refractivity contribution is 0.0696. The lowest BCUT2D eigenvalue weighted by Gasteiger charge is -2.30. The number of rotatable bonds is 2. The smallest absolute Gasteiger partial charge is 0.335 e. The maximum Gasteiger partial charge on any atom is 0.335 e. The van der Waals surface area contributed by atoms with Gasteiger partial charge in [-0.15, -0.1) is 0 Å². The van der Waals surface area contributed by atoms with Crippen LogP contribution in [0.15, 0.2) is 48.5 Å². The van der Waals surface area contributed by atoms with Crippen LogP contribution in [0.25, 0.3) is 0 Å². The summed E-state index contributed by atoms with van der Waals surface area (Å²) in [4.78, 5) is 11.2. The topological polar surface area (TPSA) is 84.9 Å². The van der Waals surface area contributed by atoms with E-state index in [1.54, 1.807) is 12.1 Å². The van der Waals surface area contributed by atoms with Gasteiger partial charge in [-0.05, 0) is 28.8 Å². The number of hydrogen-bond donors (Lipinski definition) is 2. The van der Waals surface area contributed by atoms with Crippen molar-refractivity contribution in [2.45, 2.75) is 12.3 Å². The van der Waals surface area contributed by atoms with Gasteiger partial charge in [0.1, 0.15) is 0 Å². The Bertz CT molecular complexity index is 805. The van der Waals surface area contributed by atoms with E-state index in [2.05, 4.69) is 6.07 Å². The molecule has 2 aromatic carbocycles. The minimum atomic E-state index is -0.991. The first-order chi connectivity index (χ1) is 10.6. The molecule has 2 unspecified atom stereocenters. The van der Waals surface area contributed by atoms with Crippen LogP contribution in [-0.2, 0) is 6.42 Å². The fourth-order valence-electron chi connectivity index (χ4n) is 3.08. The van der Waals surface area contributed by atoms with Gasteiger partial charge in [-0.1, -0.05) is 36.4 Å². The first kappa shape index (κ1) is 14.0. The molecule has 4 nitrogen and oxygen atoms in total. The van der Waals surface area contributed by atoms with Gasteiger partial charge in [-0.3, -0.25) is 0 Å². The van der Waals surface area contributed by atoms with Gasteiger partial charge in [0, 0.05) is 18.1 Å². The van der Waals surface area contributed by atoms with E-state index in [1.165, 1.54) is 6.07 Å². The third-order valence-corrected chi connectivity index (χ3v) is 4.11. The van der Waals surface area contributed by atoms with E-state index < -0.39 is 11.9 Å². The van der Waals surface area contributed by atoms with Crippen LogP contribution >= 0.6 is 0 Å². The first-order valence-corrected chi connectivity index (χ1v) is 7.00. The van der Waals surface area contributed by atoms with E-state index in [9.17, 15) is 15.2 Å². The van der Waals surface area contributed by atoms with E-state index in [-0.39, 0.29) is 11.5 Å². The number of nitriles is 1. The van der Waals surface area contributed by atoms with Crippen molar-refractivity contribution in [1.82, 2.24) is 0 Å². The van der Waals surface area contributed by atoms with Crippen molar-refractivity contribution in [2.24, 2.45) is 5.92 Å². The molecule has 0 amide bonds. The van der Waals surface area contributed by atoms with Crippen molar-refractivity contribution in [3.8, 4) is 6.07 Å². The molecule has 0 spiro atoms. The van der Waals surface area contributed by atoms with Crippen molar-refractivity contribution >= 4 is 11.7 Å². The van der Waals surface area contributed by atoms with E-state index in [1.807, 2.05) is 30.3 Å². The summed E-state index contributed by atoms with van der Waals surface area (Å²) in [6.07, 6.45) is 0.476. The van der Waals surface area contributed by atoms with Crippen LogP contribution in [0.1, 0.15) is 33.0 Å². The molecule has 1 aliphatic carbocycles. The summed E-state index contributed by atoms with van der Waals surface area (Å²) in [5.41, 5.74) is 3.39. The van der Waals surface area contributed by atoms with Crippen LogP contribution < -0.4 is 0 Å². The summed E-state index contributed by atoms with van der Waals surface area (Å²) in [6, 6.07) is 16.6. The number of carbonyl (C=O) groups is 1. The molecule has 0 saturated heterocycles. The largest absolute Gasteiger partial charge is 0.478 e. The molecule has 3 rings (SSSR count). The third kappa shape index (κ3) is 2.27. The molecule has 4 heteroatoms. The van der Waals surface area contributed by atoms with Gasteiger partial charge in [-0.25, -0.2) is 4.79 Å². The Morgan fingerprint density at radius 2 is 2.00 bits per heavy atom. The van der Waals surface area contributed by atoms with E-state index in [4.69, 9.17) is 5.41 Å². The quantitative estimate of drug-likeness (QED) is 0.890. The average Bonchev–Trinajstić information content (AvgIpc) is 2.53. The molecular formula is C18H14N2O2. The van der Waals surface area contributed by atoms with Gasteiger partial charge in [0.25, 0.3) is 0 Å². The zero-order valence-corrected chi connectivity index (χ0v) is 11.8. The average molecular weight is 290 g/mol. The van der Waals surface area contributed by atoms with Crippen molar-refractivity contribution < 1.29 is 9.90 Å². The second-order valence-electron chi connectivity index (χ2n) is 5.42. The van der Waals surface area contributed by atoms with Crippen molar-refractivity contribution in [3.63, 3.8) is 0 Å². The summed E-state index contributed by atoms with van der Waals surface area (Å²) in [5.74, 6) is -1.84. The standard InChI is InChI=1S/C18H14N2O2/c19-10-15-16(20)9-11-4-1-2-7-14(11)17(15)12-5-3-6-13(8-12)18(21)22/h1-8,15,17,20H,9H2,(H,21,22). The number of fused-ring (bicyclic) bond motifs is 1. The minimum Gasteiger partial charge on any atom is -0.478 e. The zero-order valence-electron chi connectivity index (χ0n) is 11.8. The molecule has 2 atom stereocenters. The molecular weight excluding hydrogens is 276 g/mol. The Kier molecular flexibility index (Phi) is 3.48. The molecule has 1 aliphatic rings. The van der Waals surface area contributed by atoms with Gasteiger partial charge in [0.05, 0.1) is 17.6 Å². The normalized spacial score (nSPS) is 20.0. The fraction of sp³-hybridized carbons (Fsp3) is 0.167. The lowest BCUT2D eigenvalue weighted by Crippen LogP contribution is -2.29. The molecule has 0 bridgehead atoms. The van der Waals surface area contributed by atoms with Crippen LogP contribution in [0.5, 0.6) is 0 Å². The van der Waals surface area contributed by atoms with Crippen LogP contribution in [-0.4, -0.2) is 16.8 Å². The second-order valence-corrected chi connectivity index (χ2v) is 5.42. The van der Waals surface area contributed by atoms with Gasteiger partial charge < -0.3 is 10.5 Å². The molecule has 0 heterocycles. The van der Waals surface area contributed by atoms with Crippen molar-refractivity contribution in [3.05, 3.63) is 70.8 Å². The van der Waals surface area contributed by atoms with E-state index in [0.29, 0.717) is 12.1 Å². The summed E-state index contributed by atoms with van der Waals surface area (Å²) in [6.45, 7) is 0. The van der Waals surface area contributed by atoms with Gasteiger partial charge in [0.15, 0.2) is 0 Å². The number of hydrogen-bond acceptors (Lipinski definition) is 3. The Morgan fingerprint density at radius 3 is 2.73 bits per heavy atom. The highest BCUT2D eigenvalue weighted by atomic mass is 16.4. The van der Waals surface area contributed by atoms with E-state index >= 15 is 0 Å². The molecule has 0 aliphatic heterocycles. The predicted molar refractivity (Wildman–Crippen MR) is 82.2 cm³/mol. The molecule has 22 heavy (non-hydrogen) atoms. The summed E-state index contributed by atoms with van der Waals surface area (Å²) < 4.78 is 0. The zero-order chi connectivity index (χ0) is 15.7. The fourth-order valence-corrected chi connectivity index (χ4v) is 3.08. The SMILES string of the molecule is N#CC1C(=N)Cc2ccccc2C1c1cccc(C(=O)O)c1. The summed E-state index contributed by atoms with van der Waals surface area (Å²) in [7, 11) is 0. The molecule has 0 fully saturated rings. The minimum absolute atomic E-state index is 0.198. The number of nitrogens with zero attached hydrogens (tertiary/aromatic N) is 1. The first-order valence-electron chi connectivity index (χ1n) is 7.00. The van der Waals surface area contributed by atoms with Crippen LogP contribution in [0.3, 0.4) is 0 Å². The summed E-state index contributed by atoms with van der Waals surface area (Å²) in [5, 5.41) is 26.8. The number of aromatic carboxylic acids is 1. The number of carboxylic acids is 1. The Labute approximate surface area is 128 Å². The van der Waals surface area contributed by atoms with Gasteiger partial charge in [-0.2, -0.15) is 5.26 Å². The van der Waals surface area contributed by atoms with Crippen LogP contribution in [0.4, 0.5) is 0 Å². The van der Waals surface area contributed by atoms with Crippen LogP contribution in [0.2, 0.25) is 0 Å². The molecule has 0 saturated carbocycles. The lowest BCUT2D eigenvalue weighted by atomic mass is 9.71. The predicted octanol–water partition coefficient (Wildman–Crippen LogP) is 3.23. The molecule has 0 aromatic heterocycles. The highest BCUT2D eigenvalue weighted by Crippen LogP contribution is 2.39. The highest BCUT2D eigenvalue weighted by Gasteiger charge is 2.34. The second kappa shape index (κ2) is 5.45. The molecule has 0 radical (unpaired) electrons. The maximum atomic E-state index is 11.2. The summed E-state index contributed by atoms with van der Waals surface area (Å²) >= 11 is 0. The third-order valence-electron chi connectivity index (χ3n) is 4.11. The monoisotopic (exact) mass is 290 g/mol. The van der Waals surface area contributed by atoms with Gasteiger partial charge in [0.2, 0.25) is 0 Å². The van der Waals surface area contributed by atoms with E-state index in [0.717, 1.165) is 16.7 Å². The molecule has 2 aromatic rings. The van der Waals surface area contributed by atoms with Gasteiger partial charge >= 0.3 is 5.97 Å². The highest BCUT2D eigenvalue weighted by molar-refractivity contribution is 5.92. The Balaban J connectivity index is 2.18. The number of carboxylic acid groups (broad SMARTS) is 1. The van der Waals surface area contributed by atoms with Crippen LogP contribution in [0, 0.1) is 22.7 Å². The molecule has 2 N–H and O–H groups in total. The van der Waals surface area contributed by atoms with Crippen molar-refractivity contribution in [2.75, 3.05) is 0 Å². The number of nitrogens with one attached hydrogen (secondary N) is 1. The maximum absolute atomic E-state index is 11.2. The Morgan fingerprint density at radius 1 is 1.23 bits per heavy atom. The molecule has 108 valence electrons. The Hall–Kier alpha value is -2.93.